The van der Waals surface area contributed by atoms with Crippen LogP contribution in [-0.2, 0) is 0 Å². The Labute approximate surface area is 116 Å². The SMILES string of the molecule is Cc1ccc(NC(C)c2ccc(F)c(F)c2)cc1Cl. The average molecular weight is 282 g/mol. The highest BCUT2D eigenvalue weighted by Crippen LogP contribution is 2.24. The Morgan fingerprint density at radius 3 is 2.42 bits per heavy atom. The van der Waals surface area contributed by atoms with Crippen LogP contribution in [0.3, 0.4) is 0 Å². The summed E-state index contributed by atoms with van der Waals surface area (Å²) < 4.78 is 26.0. The van der Waals surface area contributed by atoms with Crippen LogP contribution >= 0.6 is 11.6 Å². The molecule has 2 rings (SSSR count). The molecule has 0 saturated carbocycles. The molecule has 0 spiro atoms. The van der Waals surface area contributed by atoms with Crippen molar-refractivity contribution in [3.63, 3.8) is 0 Å². The minimum atomic E-state index is -0.840. The molecule has 0 aliphatic heterocycles. The van der Waals surface area contributed by atoms with Crippen molar-refractivity contribution in [1.29, 1.82) is 0 Å². The summed E-state index contributed by atoms with van der Waals surface area (Å²) in [6, 6.07) is 9.36. The lowest BCUT2D eigenvalue weighted by Gasteiger charge is -2.16. The first-order valence-electron chi connectivity index (χ1n) is 5.95. The molecule has 2 aromatic rings. The smallest absolute Gasteiger partial charge is 0.159 e. The average Bonchev–Trinajstić information content (AvgIpc) is 2.37. The van der Waals surface area contributed by atoms with Crippen LogP contribution in [0, 0.1) is 18.6 Å². The zero-order chi connectivity index (χ0) is 14.0. The molecule has 0 radical (unpaired) electrons. The van der Waals surface area contributed by atoms with Gasteiger partial charge in [0.05, 0.1) is 0 Å². The van der Waals surface area contributed by atoms with Gasteiger partial charge in [0.25, 0.3) is 0 Å². The fraction of sp³-hybridized carbons (Fsp3) is 0.200. The molecule has 1 atom stereocenters. The van der Waals surface area contributed by atoms with Crippen molar-refractivity contribution in [2.75, 3.05) is 5.32 Å². The predicted octanol–water partition coefficient (Wildman–Crippen LogP) is 5.10. The molecular formula is C15H14ClF2N. The van der Waals surface area contributed by atoms with Crippen LogP contribution in [0.25, 0.3) is 0 Å². The molecule has 0 saturated heterocycles. The molecule has 0 heterocycles. The molecule has 0 aromatic heterocycles. The minimum absolute atomic E-state index is 0.145. The first-order valence-corrected chi connectivity index (χ1v) is 6.33. The molecule has 100 valence electrons. The fourth-order valence-electron chi connectivity index (χ4n) is 1.80. The van der Waals surface area contributed by atoms with Crippen LogP contribution in [0.2, 0.25) is 5.02 Å². The molecule has 0 amide bonds. The van der Waals surface area contributed by atoms with Gasteiger partial charge in [0.1, 0.15) is 0 Å². The largest absolute Gasteiger partial charge is 0.378 e. The maximum Gasteiger partial charge on any atom is 0.159 e. The highest BCUT2D eigenvalue weighted by atomic mass is 35.5. The number of hydrogen-bond acceptors (Lipinski definition) is 1. The lowest BCUT2D eigenvalue weighted by atomic mass is 10.1. The molecule has 0 fully saturated rings. The van der Waals surface area contributed by atoms with E-state index in [0.717, 1.165) is 17.3 Å². The van der Waals surface area contributed by atoms with Crippen molar-refractivity contribution in [1.82, 2.24) is 0 Å². The summed E-state index contributed by atoms with van der Waals surface area (Å²) in [6.45, 7) is 3.80. The van der Waals surface area contributed by atoms with Gasteiger partial charge < -0.3 is 5.32 Å². The monoisotopic (exact) mass is 281 g/mol. The second-order valence-electron chi connectivity index (χ2n) is 4.50. The lowest BCUT2D eigenvalue weighted by Crippen LogP contribution is -2.07. The zero-order valence-electron chi connectivity index (χ0n) is 10.7. The van der Waals surface area contributed by atoms with E-state index >= 15 is 0 Å². The van der Waals surface area contributed by atoms with Crippen LogP contribution < -0.4 is 5.32 Å². The van der Waals surface area contributed by atoms with Crippen molar-refractivity contribution in [3.05, 3.63) is 64.2 Å². The van der Waals surface area contributed by atoms with Crippen LogP contribution in [0.1, 0.15) is 24.1 Å². The van der Waals surface area contributed by atoms with Gasteiger partial charge in [0.15, 0.2) is 11.6 Å². The van der Waals surface area contributed by atoms with Gasteiger partial charge in [-0.05, 0) is 49.2 Å². The van der Waals surface area contributed by atoms with Crippen molar-refractivity contribution in [2.24, 2.45) is 0 Å². The van der Waals surface area contributed by atoms with Gasteiger partial charge in [-0.15, -0.1) is 0 Å². The molecule has 0 aliphatic carbocycles. The van der Waals surface area contributed by atoms with Crippen molar-refractivity contribution in [2.45, 2.75) is 19.9 Å². The van der Waals surface area contributed by atoms with E-state index in [0.29, 0.717) is 10.6 Å². The van der Waals surface area contributed by atoms with E-state index in [1.54, 1.807) is 6.07 Å². The Hall–Kier alpha value is -1.61. The zero-order valence-corrected chi connectivity index (χ0v) is 11.4. The van der Waals surface area contributed by atoms with Gasteiger partial charge in [-0.2, -0.15) is 0 Å². The van der Waals surface area contributed by atoms with E-state index in [-0.39, 0.29) is 6.04 Å². The van der Waals surface area contributed by atoms with Crippen LogP contribution in [0.15, 0.2) is 36.4 Å². The molecule has 19 heavy (non-hydrogen) atoms. The fourth-order valence-corrected chi connectivity index (χ4v) is 1.98. The highest BCUT2D eigenvalue weighted by molar-refractivity contribution is 6.31. The third-order valence-electron chi connectivity index (χ3n) is 3.00. The van der Waals surface area contributed by atoms with Crippen LogP contribution in [0.4, 0.5) is 14.5 Å². The van der Waals surface area contributed by atoms with E-state index in [2.05, 4.69) is 5.32 Å². The Balaban J connectivity index is 2.17. The summed E-state index contributed by atoms with van der Waals surface area (Å²) in [4.78, 5) is 0. The standard InChI is InChI=1S/C15H14ClF2N/c1-9-3-5-12(8-13(9)16)19-10(2)11-4-6-14(17)15(18)7-11/h3-8,10,19H,1-2H3. The molecule has 1 N–H and O–H groups in total. The molecule has 1 nitrogen and oxygen atoms in total. The number of rotatable bonds is 3. The summed E-state index contributed by atoms with van der Waals surface area (Å²) in [7, 11) is 0. The maximum atomic E-state index is 13.2. The number of halogens is 3. The first-order chi connectivity index (χ1) is 8.97. The Morgan fingerprint density at radius 2 is 1.79 bits per heavy atom. The molecular weight excluding hydrogens is 268 g/mol. The van der Waals surface area contributed by atoms with E-state index in [4.69, 9.17) is 11.6 Å². The van der Waals surface area contributed by atoms with Gasteiger partial charge in [-0.1, -0.05) is 23.7 Å². The highest BCUT2D eigenvalue weighted by Gasteiger charge is 2.09. The topological polar surface area (TPSA) is 12.0 Å². The van der Waals surface area contributed by atoms with E-state index in [9.17, 15) is 8.78 Å². The summed E-state index contributed by atoms with van der Waals surface area (Å²) in [5.41, 5.74) is 2.51. The first kappa shape index (κ1) is 13.8. The van der Waals surface area contributed by atoms with Crippen molar-refractivity contribution in [3.8, 4) is 0 Å². The maximum absolute atomic E-state index is 13.2. The Kier molecular flexibility index (Phi) is 4.05. The van der Waals surface area contributed by atoms with E-state index < -0.39 is 11.6 Å². The summed E-state index contributed by atoms with van der Waals surface area (Å²) in [5, 5.41) is 3.87. The van der Waals surface area contributed by atoms with Crippen molar-refractivity contribution >= 4 is 17.3 Å². The molecule has 0 aliphatic rings. The van der Waals surface area contributed by atoms with Gasteiger partial charge in [0, 0.05) is 16.8 Å². The van der Waals surface area contributed by atoms with Gasteiger partial charge in [-0.3, -0.25) is 0 Å². The number of aryl methyl sites for hydroxylation is 1. The van der Waals surface area contributed by atoms with E-state index in [1.165, 1.54) is 6.07 Å². The number of hydrogen-bond donors (Lipinski definition) is 1. The summed E-state index contributed by atoms with van der Waals surface area (Å²) in [5.74, 6) is -1.68. The van der Waals surface area contributed by atoms with Gasteiger partial charge in [0.2, 0.25) is 0 Å². The van der Waals surface area contributed by atoms with Gasteiger partial charge in [-0.25, -0.2) is 8.78 Å². The summed E-state index contributed by atoms with van der Waals surface area (Å²) in [6.07, 6.45) is 0. The third kappa shape index (κ3) is 3.24. The molecule has 0 bridgehead atoms. The number of nitrogens with one attached hydrogen (secondary N) is 1. The summed E-state index contributed by atoms with van der Waals surface area (Å²) >= 11 is 6.04. The number of benzene rings is 2. The van der Waals surface area contributed by atoms with Crippen molar-refractivity contribution < 1.29 is 8.78 Å². The quantitative estimate of drug-likeness (QED) is 0.825. The minimum Gasteiger partial charge on any atom is -0.378 e. The molecule has 4 heteroatoms. The van der Waals surface area contributed by atoms with Gasteiger partial charge >= 0.3 is 0 Å². The normalized spacial score (nSPS) is 12.3. The number of anilines is 1. The van der Waals surface area contributed by atoms with E-state index in [1.807, 2.05) is 32.0 Å². The van der Waals surface area contributed by atoms with Crippen LogP contribution in [0.5, 0.6) is 0 Å². The predicted molar refractivity (Wildman–Crippen MR) is 74.6 cm³/mol. The molecule has 2 aromatic carbocycles. The second-order valence-corrected chi connectivity index (χ2v) is 4.91. The Bertz CT molecular complexity index is 599. The Morgan fingerprint density at radius 1 is 1.05 bits per heavy atom. The second kappa shape index (κ2) is 5.57. The lowest BCUT2D eigenvalue weighted by molar-refractivity contribution is 0.506. The van der Waals surface area contributed by atoms with Crippen LogP contribution in [-0.4, -0.2) is 0 Å². The third-order valence-corrected chi connectivity index (χ3v) is 3.41. The molecule has 1 unspecified atom stereocenters.